The Kier molecular flexibility index (Phi) is 3.76. The zero-order valence-electron chi connectivity index (χ0n) is 15.4. The molecule has 0 N–H and O–H groups in total. The van der Waals surface area contributed by atoms with Crippen molar-refractivity contribution in [1.82, 2.24) is 29.4 Å². The van der Waals surface area contributed by atoms with Crippen LogP contribution in [0.2, 0.25) is 0 Å². The van der Waals surface area contributed by atoms with E-state index in [-0.39, 0.29) is 17.7 Å². The van der Waals surface area contributed by atoms with Crippen LogP contribution < -0.4 is 4.90 Å². The van der Waals surface area contributed by atoms with Crippen LogP contribution in [0.1, 0.15) is 25.0 Å². The molecule has 27 heavy (non-hydrogen) atoms. The fourth-order valence-electron chi connectivity index (χ4n) is 4.19. The van der Waals surface area contributed by atoms with Gasteiger partial charge >= 0.3 is 0 Å². The van der Waals surface area contributed by atoms with Gasteiger partial charge in [-0.2, -0.15) is 14.6 Å². The summed E-state index contributed by atoms with van der Waals surface area (Å²) in [4.78, 5) is 39.6. The minimum Gasteiger partial charge on any atom is -0.353 e. The number of anilines is 1. The first-order chi connectivity index (χ1) is 13.1. The number of fused-ring (bicyclic) bond motifs is 1. The Bertz CT molecular complexity index is 898. The van der Waals surface area contributed by atoms with E-state index in [4.69, 9.17) is 0 Å². The van der Waals surface area contributed by atoms with Gasteiger partial charge in [-0.05, 0) is 19.8 Å². The number of hydrogen-bond acceptors (Lipinski definition) is 6. The van der Waals surface area contributed by atoms with Crippen molar-refractivity contribution in [3.05, 3.63) is 18.1 Å². The zero-order chi connectivity index (χ0) is 18.5. The van der Waals surface area contributed by atoms with E-state index in [9.17, 15) is 9.59 Å². The Morgan fingerprint density at radius 3 is 2.70 bits per heavy atom. The molecule has 4 heterocycles. The van der Waals surface area contributed by atoms with Gasteiger partial charge in [-0.1, -0.05) is 0 Å². The van der Waals surface area contributed by atoms with Crippen LogP contribution in [-0.4, -0.2) is 80.0 Å². The summed E-state index contributed by atoms with van der Waals surface area (Å²) in [6, 6.07) is 2.40. The third kappa shape index (κ3) is 2.90. The van der Waals surface area contributed by atoms with Gasteiger partial charge in [0.25, 0.3) is 5.78 Å². The maximum Gasteiger partial charge on any atom is 0.254 e. The average molecular weight is 369 g/mol. The van der Waals surface area contributed by atoms with Crippen LogP contribution in [0.25, 0.3) is 5.78 Å². The topological polar surface area (TPSA) is 86.9 Å². The number of carbonyl (C=O) groups excluding carboxylic acids is 2. The standard InChI is InChI=1S/C18H23N7O2/c1-12-8-15(25-18(21-12)19-11-20-25)22-4-6-23(7-5-22)17(27)13-9-16(26)24(10-13)14-2-3-14/h8,11,13-14H,2-7,9-10H2,1H3/t13-/m1/s1. The van der Waals surface area contributed by atoms with Gasteiger partial charge in [0.1, 0.15) is 12.1 Å². The van der Waals surface area contributed by atoms with Crippen molar-refractivity contribution in [2.75, 3.05) is 37.6 Å². The Labute approximate surface area is 157 Å². The molecule has 142 valence electrons. The van der Waals surface area contributed by atoms with E-state index in [1.54, 1.807) is 4.52 Å². The predicted octanol–water partition coefficient (Wildman–Crippen LogP) is 0.0922. The van der Waals surface area contributed by atoms with Crippen LogP contribution >= 0.6 is 0 Å². The van der Waals surface area contributed by atoms with Gasteiger partial charge in [-0.3, -0.25) is 9.59 Å². The molecule has 2 amide bonds. The fourth-order valence-corrected chi connectivity index (χ4v) is 4.19. The van der Waals surface area contributed by atoms with Crippen molar-refractivity contribution in [2.24, 2.45) is 5.92 Å². The molecule has 0 unspecified atom stereocenters. The first kappa shape index (κ1) is 16.5. The molecule has 9 nitrogen and oxygen atoms in total. The summed E-state index contributed by atoms with van der Waals surface area (Å²) < 4.78 is 1.74. The van der Waals surface area contributed by atoms with Gasteiger partial charge in [0.05, 0.1) is 5.92 Å². The number of nitrogens with zero attached hydrogens (tertiary/aromatic N) is 7. The summed E-state index contributed by atoms with van der Waals surface area (Å²) in [6.45, 7) is 5.33. The summed E-state index contributed by atoms with van der Waals surface area (Å²) in [7, 11) is 0. The first-order valence-corrected chi connectivity index (χ1v) is 9.61. The molecule has 9 heteroatoms. The van der Waals surface area contributed by atoms with E-state index in [1.165, 1.54) is 6.33 Å². The van der Waals surface area contributed by atoms with E-state index < -0.39 is 0 Å². The normalized spacial score (nSPS) is 23.5. The molecule has 2 aromatic rings. The Balaban J connectivity index is 1.25. The molecule has 3 fully saturated rings. The SMILES string of the molecule is Cc1cc(N2CCN(C(=O)[C@@H]3CC(=O)N(C4CC4)C3)CC2)n2ncnc2n1. The van der Waals surface area contributed by atoms with Crippen molar-refractivity contribution in [3.8, 4) is 0 Å². The molecule has 0 spiro atoms. The molecule has 1 saturated carbocycles. The number of aryl methyl sites for hydroxylation is 1. The van der Waals surface area contributed by atoms with Gasteiger partial charge in [0.15, 0.2) is 0 Å². The van der Waals surface area contributed by atoms with Crippen molar-refractivity contribution < 1.29 is 9.59 Å². The highest BCUT2D eigenvalue weighted by Crippen LogP contribution is 2.33. The Morgan fingerprint density at radius 2 is 1.96 bits per heavy atom. The molecular formula is C18H23N7O2. The van der Waals surface area contributed by atoms with Crippen LogP contribution in [0.5, 0.6) is 0 Å². The molecule has 1 atom stereocenters. The number of likely N-dealkylation sites (tertiary alicyclic amines) is 1. The molecule has 0 radical (unpaired) electrons. The lowest BCUT2D eigenvalue weighted by molar-refractivity contribution is -0.136. The molecule has 3 aliphatic rings. The highest BCUT2D eigenvalue weighted by atomic mass is 16.2. The van der Waals surface area contributed by atoms with Crippen molar-refractivity contribution in [2.45, 2.75) is 32.2 Å². The lowest BCUT2D eigenvalue weighted by Crippen LogP contribution is -2.51. The first-order valence-electron chi connectivity index (χ1n) is 9.61. The maximum absolute atomic E-state index is 12.9. The van der Waals surface area contributed by atoms with Crippen LogP contribution in [0, 0.1) is 12.8 Å². The molecule has 5 rings (SSSR count). The van der Waals surface area contributed by atoms with E-state index in [0.29, 0.717) is 37.9 Å². The van der Waals surface area contributed by atoms with E-state index >= 15 is 0 Å². The van der Waals surface area contributed by atoms with Crippen LogP contribution in [0.3, 0.4) is 0 Å². The number of aromatic nitrogens is 4. The Morgan fingerprint density at radius 1 is 1.19 bits per heavy atom. The van der Waals surface area contributed by atoms with E-state index in [1.807, 2.05) is 22.8 Å². The van der Waals surface area contributed by atoms with Crippen molar-refractivity contribution in [1.29, 1.82) is 0 Å². The van der Waals surface area contributed by atoms with Gasteiger partial charge in [-0.15, -0.1) is 0 Å². The molecule has 0 bridgehead atoms. The number of rotatable bonds is 3. The average Bonchev–Trinajstić information content (AvgIpc) is 3.28. The molecule has 0 aromatic carbocycles. The minimum atomic E-state index is -0.171. The molecule has 2 saturated heterocycles. The van der Waals surface area contributed by atoms with E-state index in [2.05, 4.69) is 20.0 Å². The number of amides is 2. The van der Waals surface area contributed by atoms with Crippen LogP contribution in [0.15, 0.2) is 12.4 Å². The fraction of sp³-hybridized carbons (Fsp3) is 0.611. The zero-order valence-corrected chi connectivity index (χ0v) is 15.4. The monoisotopic (exact) mass is 369 g/mol. The van der Waals surface area contributed by atoms with Crippen LogP contribution in [0.4, 0.5) is 5.82 Å². The lowest BCUT2D eigenvalue weighted by atomic mass is 10.1. The Hall–Kier alpha value is -2.71. The lowest BCUT2D eigenvalue weighted by Gasteiger charge is -2.37. The summed E-state index contributed by atoms with van der Waals surface area (Å²) in [5.74, 6) is 1.65. The van der Waals surface area contributed by atoms with Gasteiger partial charge in [0, 0.05) is 56.9 Å². The largest absolute Gasteiger partial charge is 0.353 e. The number of hydrogen-bond donors (Lipinski definition) is 0. The summed E-state index contributed by atoms with van der Waals surface area (Å²) in [5, 5.41) is 4.27. The third-order valence-corrected chi connectivity index (χ3v) is 5.77. The second-order valence-corrected chi connectivity index (χ2v) is 7.72. The molecule has 1 aliphatic carbocycles. The van der Waals surface area contributed by atoms with E-state index in [0.717, 1.165) is 37.4 Å². The molecule has 2 aliphatic heterocycles. The highest BCUT2D eigenvalue weighted by Gasteiger charge is 2.43. The maximum atomic E-state index is 12.9. The third-order valence-electron chi connectivity index (χ3n) is 5.77. The van der Waals surface area contributed by atoms with Gasteiger partial charge < -0.3 is 14.7 Å². The number of piperazine rings is 1. The quantitative estimate of drug-likeness (QED) is 0.762. The number of carbonyl (C=O) groups is 2. The predicted molar refractivity (Wildman–Crippen MR) is 97.2 cm³/mol. The molecule has 2 aromatic heterocycles. The summed E-state index contributed by atoms with van der Waals surface area (Å²) in [5.41, 5.74) is 0.897. The smallest absolute Gasteiger partial charge is 0.254 e. The second-order valence-electron chi connectivity index (χ2n) is 7.72. The van der Waals surface area contributed by atoms with Gasteiger partial charge in [0.2, 0.25) is 11.8 Å². The van der Waals surface area contributed by atoms with Crippen molar-refractivity contribution in [3.63, 3.8) is 0 Å². The van der Waals surface area contributed by atoms with Crippen LogP contribution in [-0.2, 0) is 9.59 Å². The molecular weight excluding hydrogens is 346 g/mol. The van der Waals surface area contributed by atoms with Gasteiger partial charge in [-0.25, -0.2) is 4.98 Å². The minimum absolute atomic E-state index is 0.128. The van der Waals surface area contributed by atoms with Crippen molar-refractivity contribution >= 4 is 23.4 Å². The second kappa shape index (κ2) is 6.17. The highest BCUT2D eigenvalue weighted by molar-refractivity contribution is 5.89. The summed E-state index contributed by atoms with van der Waals surface area (Å²) in [6.07, 6.45) is 4.06. The summed E-state index contributed by atoms with van der Waals surface area (Å²) >= 11 is 0.